The van der Waals surface area contributed by atoms with Gasteiger partial charge in [-0.2, -0.15) is 0 Å². The van der Waals surface area contributed by atoms with Crippen LogP contribution in [0.1, 0.15) is 21.5 Å². The van der Waals surface area contributed by atoms with E-state index in [9.17, 15) is 9.59 Å². The highest BCUT2D eigenvalue weighted by atomic mass is 16.5. The average Bonchev–Trinajstić information content (AvgIpc) is 2.66. The Kier molecular flexibility index (Phi) is 6.08. The van der Waals surface area contributed by atoms with Gasteiger partial charge >= 0.3 is 0 Å². The second-order valence-corrected chi connectivity index (χ2v) is 6.61. The minimum absolute atomic E-state index is 0.108. The molecule has 1 aliphatic heterocycles. The molecular weight excluding hydrogens is 344 g/mol. The van der Waals surface area contributed by atoms with Gasteiger partial charge in [0.1, 0.15) is 5.75 Å². The molecule has 1 heterocycles. The van der Waals surface area contributed by atoms with Gasteiger partial charge in [0.25, 0.3) is 11.8 Å². The highest BCUT2D eigenvalue weighted by Crippen LogP contribution is 2.21. The first-order valence-corrected chi connectivity index (χ1v) is 9.00. The van der Waals surface area contributed by atoms with E-state index in [2.05, 4.69) is 5.32 Å². The first kappa shape index (κ1) is 18.9. The second kappa shape index (κ2) is 8.68. The molecule has 0 aliphatic carbocycles. The van der Waals surface area contributed by atoms with E-state index in [0.29, 0.717) is 37.6 Å². The van der Waals surface area contributed by atoms with E-state index >= 15 is 0 Å². The van der Waals surface area contributed by atoms with Gasteiger partial charge in [-0.15, -0.1) is 0 Å². The van der Waals surface area contributed by atoms with Gasteiger partial charge in [0, 0.05) is 18.8 Å². The third-order valence-corrected chi connectivity index (χ3v) is 4.28. The molecule has 1 aliphatic rings. The minimum Gasteiger partial charge on any atom is -0.483 e. The molecule has 0 atom stereocenters. The van der Waals surface area contributed by atoms with E-state index in [1.807, 2.05) is 32.0 Å². The standard InChI is InChI=1S/C21H24N2O4/c1-15-11-16(2)13-17(12-15)22-20(24)14-27-19-6-4-3-5-18(19)21(25)23-7-9-26-10-8-23/h3-6,11-13H,7-10,14H2,1-2H3,(H,22,24). The first-order valence-electron chi connectivity index (χ1n) is 9.00. The zero-order valence-corrected chi connectivity index (χ0v) is 15.7. The van der Waals surface area contributed by atoms with Crippen molar-refractivity contribution in [1.29, 1.82) is 0 Å². The van der Waals surface area contributed by atoms with Crippen molar-refractivity contribution < 1.29 is 19.1 Å². The third kappa shape index (κ3) is 5.08. The fraction of sp³-hybridized carbons (Fsp3) is 0.333. The van der Waals surface area contributed by atoms with Crippen LogP contribution in [0.25, 0.3) is 0 Å². The summed E-state index contributed by atoms with van der Waals surface area (Å²) in [4.78, 5) is 26.7. The van der Waals surface area contributed by atoms with Crippen LogP contribution >= 0.6 is 0 Å². The molecule has 2 amide bonds. The van der Waals surface area contributed by atoms with Gasteiger partial charge < -0.3 is 19.7 Å². The quantitative estimate of drug-likeness (QED) is 0.881. The van der Waals surface area contributed by atoms with Crippen molar-refractivity contribution in [2.45, 2.75) is 13.8 Å². The fourth-order valence-electron chi connectivity index (χ4n) is 3.09. The molecule has 2 aromatic carbocycles. The number of para-hydroxylation sites is 1. The molecule has 0 spiro atoms. The number of carbonyl (C=O) groups excluding carboxylic acids is 2. The van der Waals surface area contributed by atoms with E-state index in [1.54, 1.807) is 29.2 Å². The van der Waals surface area contributed by atoms with Gasteiger partial charge in [0.05, 0.1) is 18.8 Å². The number of aryl methyl sites for hydroxylation is 2. The van der Waals surface area contributed by atoms with Crippen LogP contribution in [0.15, 0.2) is 42.5 Å². The molecule has 142 valence electrons. The number of benzene rings is 2. The van der Waals surface area contributed by atoms with Gasteiger partial charge in [-0.25, -0.2) is 0 Å². The Morgan fingerprint density at radius 3 is 2.44 bits per heavy atom. The third-order valence-electron chi connectivity index (χ3n) is 4.28. The van der Waals surface area contributed by atoms with E-state index in [-0.39, 0.29) is 18.4 Å². The Hall–Kier alpha value is -2.86. The topological polar surface area (TPSA) is 67.9 Å². The average molecular weight is 368 g/mol. The number of rotatable bonds is 5. The predicted molar refractivity (Wildman–Crippen MR) is 103 cm³/mol. The van der Waals surface area contributed by atoms with Crippen LogP contribution in [0.4, 0.5) is 5.69 Å². The lowest BCUT2D eigenvalue weighted by Gasteiger charge is -2.27. The van der Waals surface area contributed by atoms with E-state index in [4.69, 9.17) is 9.47 Å². The summed E-state index contributed by atoms with van der Waals surface area (Å²) in [6, 6.07) is 12.8. The lowest BCUT2D eigenvalue weighted by molar-refractivity contribution is -0.118. The Balaban J connectivity index is 1.63. The zero-order valence-electron chi connectivity index (χ0n) is 15.7. The highest BCUT2D eigenvalue weighted by Gasteiger charge is 2.21. The summed E-state index contributed by atoms with van der Waals surface area (Å²) in [5.41, 5.74) is 3.35. The van der Waals surface area contributed by atoms with Crippen LogP contribution in [0.3, 0.4) is 0 Å². The molecule has 0 unspecified atom stereocenters. The molecule has 6 heteroatoms. The van der Waals surface area contributed by atoms with Crippen LogP contribution in [0.2, 0.25) is 0 Å². The number of amides is 2. The van der Waals surface area contributed by atoms with Crippen molar-refractivity contribution in [2.75, 3.05) is 38.2 Å². The maximum absolute atomic E-state index is 12.7. The zero-order chi connectivity index (χ0) is 19.2. The number of morpholine rings is 1. The summed E-state index contributed by atoms with van der Waals surface area (Å²) < 4.78 is 10.9. The number of anilines is 1. The van der Waals surface area contributed by atoms with Crippen LogP contribution in [0, 0.1) is 13.8 Å². The van der Waals surface area contributed by atoms with E-state index in [0.717, 1.165) is 16.8 Å². The summed E-state index contributed by atoms with van der Waals surface area (Å²) in [5, 5.41) is 2.83. The van der Waals surface area contributed by atoms with Gasteiger partial charge in [-0.3, -0.25) is 9.59 Å². The lowest BCUT2D eigenvalue weighted by atomic mass is 10.1. The highest BCUT2D eigenvalue weighted by molar-refractivity contribution is 5.97. The summed E-state index contributed by atoms with van der Waals surface area (Å²) in [7, 11) is 0. The Morgan fingerprint density at radius 1 is 1.07 bits per heavy atom. The number of nitrogens with one attached hydrogen (secondary N) is 1. The predicted octanol–water partition coefficient (Wildman–Crippen LogP) is 2.79. The SMILES string of the molecule is Cc1cc(C)cc(NC(=O)COc2ccccc2C(=O)N2CCOCC2)c1. The van der Waals surface area contributed by atoms with Crippen molar-refractivity contribution in [2.24, 2.45) is 0 Å². The van der Waals surface area contributed by atoms with Crippen molar-refractivity contribution in [3.8, 4) is 5.75 Å². The second-order valence-electron chi connectivity index (χ2n) is 6.61. The van der Waals surface area contributed by atoms with Crippen LogP contribution in [-0.4, -0.2) is 49.6 Å². The molecule has 6 nitrogen and oxygen atoms in total. The largest absolute Gasteiger partial charge is 0.483 e. The van der Waals surface area contributed by atoms with Crippen molar-refractivity contribution in [3.05, 3.63) is 59.2 Å². The molecule has 1 N–H and O–H groups in total. The molecule has 0 aromatic heterocycles. The van der Waals surface area contributed by atoms with E-state index in [1.165, 1.54) is 0 Å². The van der Waals surface area contributed by atoms with Crippen molar-refractivity contribution in [1.82, 2.24) is 4.90 Å². The summed E-state index contributed by atoms with van der Waals surface area (Å²) >= 11 is 0. The summed E-state index contributed by atoms with van der Waals surface area (Å²) in [6.07, 6.45) is 0. The number of ether oxygens (including phenoxy) is 2. The lowest BCUT2D eigenvalue weighted by Crippen LogP contribution is -2.40. The van der Waals surface area contributed by atoms with Crippen LogP contribution in [-0.2, 0) is 9.53 Å². The molecule has 1 fully saturated rings. The molecule has 3 rings (SSSR count). The molecule has 0 saturated carbocycles. The Bertz CT molecular complexity index is 808. The molecule has 27 heavy (non-hydrogen) atoms. The summed E-state index contributed by atoms with van der Waals surface area (Å²) in [5.74, 6) is 0.0295. The molecule has 2 aromatic rings. The Labute approximate surface area is 159 Å². The summed E-state index contributed by atoms with van der Waals surface area (Å²) in [6.45, 7) is 5.97. The van der Waals surface area contributed by atoms with Crippen LogP contribution in [0.5, 0.6) is 5.75 Å². The number of nitrogens with zero attached hydrogens (tertiary/aromatic N) is 1. The number of hydrogen-bond donors (Lipinski definition) is 1. The molecule has 1 saturated heterocycles. The van der Waals surface area contributed by atoms with Gasteiger partial charge in [0.2, 0.25) is 0 Å². The normalized spacial score (nSPS) is 13.9. The molecular formula is C21H24N2O4. The van der Waals surface area contributed by atoms with Crippen molar-refractivity contribution in [3.63, 3.8) is 0 Å². The maximum Gasteiger partial charge on any atom is 0.262 e. The van der Waals surface area contributed by atoms with Gasteiger partial charge in [-0.05, 0) is 49.2 Å². The minimum atomic E-state index is -0.270. The van der Waals surface area contributed by atoms with Gasteiger partial charge in [0.15, 0.2) is 6.61 Å². The molecule has 0 bridgehead atoms. The monoisotopic (exact) mass is 368 g/mol. The Morgan fingerprint density at radius 2 is 1.74 bits per heavy atom. The first-order chi connectivity index (χ1) is 13.0. The van der Waals surface area contributed by atoms with Crippen molar-refractivity contribution >= 4 is 17.5 Å². The number of hydrogen-bond acceptors (Lipinski definition) is 4. The smallest absolute Gasteiger partial charge is 0.262 e. The number of carbonyl (C=O) groups is 2. The van der Waals surface area contributed by atoms with E-state index < -0.39 is 0 Å². The maximum atomic E-state index is 12.7. The van der Waals surface area contributed by atoms with Gasteiger partial charge in [-0.1, -0.05) is 18.2 Å². The van der Waals surface area contributed by atoms with Crippen LogP contribution < -0.4 is 10.1 Å². The molecule has 0 radical (unpaired) electrons. The fourth-order valence-corrected chi connectivity index (χ4v) is 3.09.